The van der Waals surface area contributed by atoms with Crippen LogP contribution in [0.3, 0.4) is 0 Å². The van der Waals surface area contributed by atoms with E-state index in [4.69, 9.17) is 0 Å². The van der Waals surface area contributed by atoms with Gasteiger partial charge in [-0.2, -0.15) is 0 Å². The Hall–Kier alpha value is -1.35. The topological polar surface area (TPSA) is 41.1 Å². The average molecular weight is 246 g/mol. The molecule has 98 valence electrons. The molecule has 18 heavy (non-hydrogen) atoms. The first-order valence-corrected chi connectivity index (χ1v) is 6.81. The molecule has 0 aromatic heterocycles. The summed E-state index contributed by atoms with van der Waals surface area (Å²) in [4.78, 5) is 11.8. The second-order valence-corrected chi connectivity index (χ2v) is 5.17. The summed E-state index contributed by atoms with van der Waals surface area (Å²) >= 11 is 0. The minimum absolute atomic E-state index is 0.129. The molecule has 3 nitrogen and oxygen atoms in total. The van der Waals surface area contributed by atoms with E-state index in [0.717, 1.165) is 25.2 Å². The molecule has 1 atom stereocenters. The zero-order valence-corrected chi connectivity index (χ0v) is 11.0. The monoisotopic (exact) mass is 246 g/mol. The van der Waals surface area contributed by atoms with Gasteiger partial charge >= 0.3 is 0 Å². The minimum atomic E-state index is 0.129. The van der Waals surface area contributed by atoms with Crippen LogP contribution in [0.5, 0.6) is 0 Å². The SMILES string of the molecule is Cc1ccc(NC(=O)CCC2CCCNC2)cc1. The highest BCUT2D eigenvalue weighted by Gasteiger charge is 2.14. The second-order valence-electron chi connectivity index (χ2n) is 5.17. The Bertz CT molecular complexity index is 380. The van der Waals surface area contributed by atoms with Crippen LogP contribution >= 0.6 is 0 Å². The molecule has 1 aliphatic rings. The fourth-order valence-electron chi connectivity index (χ4n) is 2.37. The van der Waals surface area contributed by atoms with Crippen LogP contribution in [0, 0.1) is 12.8 Å². The van der Waals surface area contributed by atoms with Crippen LogP contribution in [0.15, 0.2) is 24.3 Å². The molecular formula is C15H22N2O. The molecule has 0 aliphatic carbocycles. The summed E-state index contributed by atoms with van der Waals surface area (Å²) in [5.41, 5.74) is 2.11. The van der Waals surface area contributed by atoms with Crippen molar-refractivity contribution in [2.75, 3.05) is 18.4 Å². The molecule has 2 rings (SSSR count). The Morgan fingerprint density at radius 2 is 2.17 bits per heavy atom. The van der Waals surface area contributed by atoms with Gasteiger partial charge in [0, 0.05) is 12.1 Å². The summed E-state index contributed by atoms with van der Waals surface area (Å²) in [5.74, 6) is 0.798. The quantitative estimate of drug-likeness (QED) is 0.857. The van der Waals surface area contributed by atoms with E-state index in [-0.39, 0.29) is 5.91 Å². The average Bonchev–Trinajstić information content (AvgIpc) is 2.40. The lowest BCUT2D eigenvalue weighted by molar-refractivity contribution is -0.116. The van der Waals surface area contributed by atoms with Gasteiger partial charge < -0.3 is 10.6 Å². The van der Waals surface area contributed by atoms with Gasteiger partial charge in [0.15, 0.2) is 0 Å². The maximum Gasteiger partial charge on any atom is 0.224 e. The molecule has 1 amide bonds. The van der Waals surface area contributed by atoms with Gasteiger partial charge in [-0.3, -0.25) is 4.79 Å². The van der Waals surface area contributed by atoms with Crippen LogP contribution < -0.4 is 10.6 Å². The van der Waals surface area contributed by atoms with Gasteiger partial charge in [-0.05, 0) is 57.3 Å². The summed E-state index contributed by atoms with van der Waals surface area (Å²) in [5, 5.41) is 6.33. The first-order chi connectivity index (χ1) is 8.74. The number of carbonyl (C=O) groups excluding carboxylic acids is 1. The Labute approximate surface area is 109 Å². The van der Waals surface area contributed by atoms with E-state index in [1.54, 1.807) is 0 Å². The molecule has 0 saturated carbocycles. The number of hydrogen-bond acceptors (Lipinski definition) is 2. The van der Waals surface area contributed by atoms with Crippen molar-refractivity contribution in [2.24, 2.45) is 5.92 Å². The van der Waals surface area contributed by atoms with Gasteiger partial charge in [0.05, 0.1) is 0 Å². The van der Waals surface area contributed by atoms with Crippen molar-refractivity contribution in [1.29, 1.82) is 0 Å². The highest BCUT2D eigenvalue weighted by Crippen LogP contribution is 2.16. The van der Waals surface area contributed by atoms with E-state index in [1.807, 2.05) is 31.2 Å². The molecule has 1 saturated heterocycles. The van der Waals surface area contributed by atoms with E-state index in [9.17, 15) is 4.79 Å². The molecule has 0 radical (unpaired) electrons. The third-order valence-corrected chi connectivity index (χ3v) is 3.51. The standard InChI is InChI=1S/C15H22N2O/c1-12-4-7-14(8-5-12)17-15(18)9-6-13-3-2-10-16-11-13/h4-5,7-8,13,16H,2-3,6,9-11H2,1H3,(H,17,18). The molecule has 1 aromatic rings. The Balaban J connectivity index is 1.73. The summed E-state index contributed by atoms with van der Waals surface area (Å²) in [7, 11) is 0. The minimum Gasteiger partial charge on any atom is -0.326 e. The molecule has 3 heteroatoms. The van der Waals surface area contributed by atoms with Crippen molar-refractivity contribution >= 4 is 11.6 Å². The highest BCUT2D eigenvalue weighted by molar-refractivity contribution is 5.90. The first-order valence-electron chi connectivity index (χ1n) is 6.81. The number of hydrogen-bond donors (Lipinski definition) is 2. The van der Waals surface area contributed by atoms with Crippen molar-refractivity contribution < 1.29 is 4.79 Å². The zero-order chi connectivity index (χ0) is 12.8. The van der Waals surface area contributed by atoms with E-state index in [0.29, 0.717) is 12.3 Å². The van der Waals surface area contributed by atoms with Crippen LogP contribution in [0.2, 0.25) is 0 Å². The zero-order valence-electron chi connectivity index (χ0n) is 11.0. The smallest absolute Gasteiger partial charge is 0.224 e. The molecule has 1 aliphatic heterocycles. The number of nitrogens with one attached hydrogen (secondary N) is 2. The van der Waals surface area contributed by atoms with Crippen LogP contribution in [0.4, 0.5) is 5.69 Å². The molecule has 1 fully saturated rings. The van der Waals surface area contributed by atoms with Gasteiger partial charge in [0.1, 0.15) is 0 Å². The van der Waals surface area contributed by atoms with E-state index in [2.05, 4.69) is 10.6 Å². The molecule has 0 spiro atoms. The number of anilines is 1. The van der Waals surface area contributed by atoms with Gasteiger partial charge in [-0.15, -0.1) is 0 Å². The maximum absolute atomic E-state index is 11.8. The number of piperidine rings is 1. The molecule has 0 bridgehead atoms. The van der Waals surface area contributed by atoms with Crippen molar-refractivity contribution in [3.8, 4) is 0 Å². The van der Waals surface area contributed by atoms with Crippen LogP contribution in [-0.2, 0) is 4.79 Å². The van der Waals surface area contributed by atoms with Crippen molar-refractivity contribution in [1.82, 2.24) is 5.32 Å². The van der Waals surface area contributed by atoms with Crippen molar-refractivity contribution in [3.63, 3.8) is 0 Å². The Morgan fingerprint density at radius 1 is 1.39 bits per heavy atom. The van der Waals surface area contributed by atoms with Gasteiger partial charge in [0.25, 0.3) is 0 Å². The number of benzene rings is 1. The van der Waals surface area contributed by atoms with E-state index >= 15 is 0 Å². The predicted molar refractivity (Wildman–Crippen MR) is 74.6 cm³/mol. The Morgan fingerprint density at radius 3 is 2.83 bits per heavy atom. The number of carbonyl (C=O) groups is 1. The second kappa shape index (κ2) is 6.55. The van der Waals surface area contributed by atoms with Gasteiger partial charge in [-0.1, -0.05) is 17.7 Å². The fourth-order valence-corrected chi connectivity index (χ4v) is 2.37. The largest absolute Gasteiger partial charge is 0.326 e. The fraction of sp³-hybridized carbons (Fsp3) is 0.533. The lowest BCUT2D eigenvalue weighted by Gasteiger charge is -2.22. The number of amides is 1. The Kier molecular flexibility index (Phi) is 4.76. The van der Waals surface area contributed by atoms with Crippen molar-refractivity contribution in [3.05, 3.63) is 29.8 Å². The highest BCUT2D eigenvalue weighted by atomic mass is 16.1. The number of rotatable bonds is 4. The summed E-state index contributed by atoms with van der Waals surface area (Å²) in [6.45, 7) is 4.24. The predicted octanol–water partition coefficient (Wildman–Crippen LogP) is 2.71. The summed E-state index contributed by atoms with van der Waals surface area (Å²) in [6, 6.07) is 7.94. The molecule has 1 aromatic carbocycles. The first kappa shape index (κ1) is 13.1. The number of aryl methyl sites for hydroxylation is 1. The lowest BCUT2D eigenvalue weighted by Crippen LogP contribution is -2.30. The van der Waals surface area contributed by atoms with Crippen LogP contribution in [0.1, 0.15) is 31.2 Å². The molecule has 2 N–H and O–H groups in total. The molecular weight excluding hydrogens is 224 g/mol. The maximum atomic E-state index is 11.8. The van der Waals surface area contributed by atoms with Crippen molar-refractivity contribution in [2.45, 2.75) is 32.6 Å². The summed E-state index contributed by atoms with van der Waals surface area (Å²) in [6.07, 6.45) is 4.11. The lowest BCUT2D eigenvalue weighted by atomic mass is 9.94. The third-order valence-electron chi connectivity index (χ3n) is 3.51. The molecule has 1 unspecified atom stereocenters. The third kappa shape index (κ3) is 4.15. The van der Waals surface area contributed by atoms with Crippen LogP contribution in [-0.4, -0.2) is 19.0 Å². The molecule has 1 heterocycles. The van der Waals surface area contributed by atoms with Gasteiger partial charge in [0.2, 0.25) is 5.91 Å². The van der Waals surface area contributed by atoms with Gasteiger partial charge in [-0.25, -0.2) is 0 Å². The summed E-state index contributed by atoms with van der Waals surface area (Å²) < 4.78 is 0. The van der Waals surface area contributed by atoms with E-state index in [1.165, 1.54) is 18.4 Å². The van der Waals surface area contributed by atoms with Crippen LogP contribution in [0.25, 0.3) is 0 Å². The van der Waals surface area contributed by atoms with E-state index < -0.39 is 0 Å². The normalized spacial score (nSPS) is 19.5.